The van der Waals surface area contributed by atoms with Crippen LogP contribution < -0.4 is 0 Å². The fraction of sp³-hybridized carbons (Fsp3) is 0.286. The van der Waals surface area contributed by atoms with Crippen LogP contribution in [-0.2, 0) is 13.1 Å². The molecule has 0 atom stereocenters. The molecule has 1 N–H and O–H groups in total. The molecule has 2 heterocycles. The van der Waals surface area contributed by atoms with Crippen molar-refractivity contribution in [2.24, 2.45) is 4.99 Å². The van der Waals surface area contributed by atoms with Gasteiger partial charge in [0.1, 0.15) is 12.5 Å². The summed E-state index contributed by atoms with van der Waals surface area (Å²) in [4.78, 5) is 8.29. The van der Waals surface area contributed by atoms with Crippen molar-refractivity contribution in [3.8, 4) is 0 Å². The van der Waals surface area contributed by atoms with Crippen LogP contribution in [0.25, 0.3) is 0 Å². The molecule has 0 spiro atoms. The number of nitrogens with zero attached hydrogens (tertiary/aromatic N) is 3. The molecule has 56 valence electrons. The fourth-order valence-electron chi connectivity index (χ4n) is 1.12. The molecule has 0 saturated heterocycles. The van der Waals surface area contributed by atoms with Gasteiger partial charge in [-0.05, 0) is 0 Å². The van der Waals surface area contributed by atoms with Gasteiger partial charge in [0.05, 0.1) is 5.69 Å². The van der Waals surface area contributed by atoms with E-state index in [1.54, 1.807) is 0 Å². The van der Waals surface area contributed by atoms with E-state index in [0.29, 0.717) is 12.4 Å². The molecule has 1 aliphatic rings. The Labute approximate surface area is 64.1 Å². The Hall–Kier alpha value is -1.45. The lowest BCUT2D eigenvalue weighted by Crippen LogP contribution is -2.07. The minimum Gasteiger partial charge on any atom is -0.314 e. The van der Waals surface area contributed by atoms with E-state index < -0.39 is 0 Å². The van der Waals surface area contributed by atoms with Gasteiger partial charge in [-0.3, -0.25) is 4.99 Å². The Morgan fingerprint density at radius 1 is 1.64 bits per heavy atom. The number of rotatable bonds is 1. The molecule has 2 rings (SSSR count). The van der Waals surface area contributed by atoms with Crippen molar-refractivity contribution in [2.75, 3.05) is 0 Å². The van der Waals surface area contributed by atoms with Crippen LogP contribution in [0.15, 0.2) is 11.2 Å². The van der Waals surface area contributed by atoms with Gasteiger partial charge in [-0.2, -0.15) is 0 Å². The number of hydrogen-bond acceptors (Lipinski definition) is 3. The molecule has 11 heavy (non-hydrogen) atoms. The lowest BCUT2D eigenvalue weighted by molar-refractivity contribution is 0.680. The molecule has 4 heteroatoms. The van der Waals surface area contributed by atoms with Crippen molar-refractivity contribution in [1.29, 1.82) is 5.41 Å². The second-order valence-electron chi connectivity index (χ2n) is 2.41. The van der Waals surface area contributed by atoms with Crippen molar-refractivity contribution in [3.63, 3.8) is 0 Å². The molecule has 0 fully saturated rings. The molecule has 0 saturated carbocycles. The lowest BCUT2D eigenvalue weighted by atomic mass is 10.4. The molecule has 0 amide bonds. The van der Waals surface area contributed by atoms with Gasteiger partial charge in [-0.25, -0.2) is 4.98 Å². The van der Waals surface area contributed by atoms with E-state index in [-0.39, 0.29) is 0 Å². The van der Waals surface area contributed by atoms with Gasteiger partial charge in [-0.15, -0.1) is 0 Å². The molecular formula is C7H8N4. The predicted octanol–water partition coefficient (Wildman–Crippen LogP) is 0.465. The van der Waals surface area contributed by atoms with E-state index in [2.05, 4.69) is 9.98 Å². The van der Waals surface area contributed by atoms with Crippen molar-refractivity contribution in [2.45, 2.75) is 13.1 Å². The molecule has 1 aromatic rings. The minimum absolute atomic E-state index is 0.649. The van der Waals surface area contributed by atoms with Crippen LogP contribution in [0.4, 0.5) is 0 Å². The maximum Gasteiger partial charge on any atom is 0.116 e. The molecule has 1 aromatic heterocycles. The summed E-state index contributed by atoms with van der Waals surface area (Å²) in [5.41, 5.74) is 0.713. The van der Waals surface area contributed by atoms with Gasteiger partial charge in [0.15, 0.2) is 0 Å². The topological polar surface area (TPSA) is 54.0 Å². The summed E-state index contributed by atoms with van der Waals surface area (Å²) in [6.07, 6.45) is 5.74. The van der Waals surface area contributed by atoms with Gasteiger partial charge in [0.25, 0.3) is 0 Å². The Kier molecular flexibility index (Phi) is 1.31. The van der Waals surface area contributed by atoms with Crippen LogP contribution in [-0.4, -0.2) is 22.0 Å². The summed E-state index contributed by atoms with van der Waals surface area (Å²) in [5, 5.41) is 6.98. The van der Waals surface area contributed by atoms with Crippen LogP contribution in [0.2, 0.25) is 0 Å². The third-order valence-electron chi connectivity index (χ3n) is 1.66. The zero-order valence-electron chi connectivity index (χ0n) is 5.99. The minimum atomic E-state index is 0.649. The molecule has 4 nitrogen and oxygen atoms in total. The fourth-order valence-corrected chi connectivity index (χ4v) is 1.12. The van der Waals surface area contributed by atoms with Crippen molar-refractivity contribution < 1.29 is 0 Å². The Balaban J connectivity index is 2.43. The Morgan fingerprint density at radius 2 is 2.55 bits per heavy atom. The summed E-state index contributed by atoms with van der Waals surface area (Å²) in [6, 6.07) is 0. The van der Waals surface area contributed by atoms with Crippen LogP contribution in [0.1, 0.15) is 11.5 Å². The first-order chi connectivity index (χ1) is 5.40. The number of hydrogen-bond donors (Lipinski definition) is 1. The van der Waals surface area contributed by atoms with Crippen molar-refractivity contribution >= 4 is 12.4 Å². The summed E-state index contributed by atoms with van der Waals surface area (Å²) in [6.45, 7) is 0.649. The maximum atomic E-state index is 6.98. The highest BCUT2D eigenvalue weighted by molar-refractivity contribution is 5.74. The summed E-state index contributed by atoms with van der Waals surface area (Å²) in [5.74, 6) is 0.999. The Bertz CT molecular complexity index is 285. The average Bonchev–Trinajstić information content (AvgIpc) is 2.46. The van der Waals surface area contributed by atoms with Crippen LogP contribution in [0.3, 0.4) is 0 Å². The number of nitrogens with one attached hydrogen (secondary N) is 1. The number of aromatic nitrogens is 2. The van der Waals surface area contributed by atoms with Crippen LogP contribution in [0, 0.1) is 5.41 Å². The second-order valence-corrected chi connectivity index (χ2v) is 2.41. The predicted molar refractivity (Wildman–Crippen MR) is 42.3 cm³/mol. The first-order valence-corrected chi connectivity index (χ1v) is 3.45. The summed E-state index contributed by atoms with van der Waals surface area (Å²) in [7, 11) is 0. The largest absolute Gasteiger partial charge is 0.314 e. The van der Waals surface area contributed by atoms with Crippen LogP contribution in [0.5, 0.6) is 0 Å². The van der Waals surface area contributed by atoms with Gasteiger partial charge in [-0.1, -0.05) is 0 Å². The zero-order chi connectivity index (χ0) is 7.68. The smallest absolute Gasteiger partial charge is 0.116 e. The van der Waals surface area contributed by atoms with E-state index >= 15 is 0 Å². The summed E-state index contributed by atoms with van der Waals surface area (Å²) >= 11 is 0. The van der Waals surface area contributed by atoms with E-state index in [1.165, 1.54) is 6.21 Å². The zero-order valence-corrected chi connectivity index (χ0v) is 5.99. The highest BCUT2D eigenvalue weighted by atomic mass is 15.1. The number of fused-ring (bicyclic) bond motifs is 1. The highest BCUT2D eigenvalue weighted by Crippen LogP contribution is 2.05. The third-order valence-corrected chi connectivity index (χ3v) is 1.66. The summed E-state index contributed by atoms with van der Waals surface area (Å²) < 4.78 is 1.96. The standard InChI is InChI=1S/C7H8N4/c8-3-6-4-11-5-9-2-1-7(11)10-6/h2-4,8H,1,5H2. The normalized spacial score (nSPS) is 14.5. The van der Waals surface area contributed by atoms with E-state index in [1.807, 2.05) is 17.0 Å². The molecule has 0 unspecified atom stereocenters. The van der Waals surface area contributed by atoms with Gasteiger partial charge in [0.2, 0.25) is 0 Å². The first kappa shape index (κ1) is 6.27. The maximum absolute atomic E-state index is 6.98. The van der Waals surface area contributed by atoms with Gasteiger partial charge < -0.3 is 9.98 Å². The van der Waals surface area contributed by atoms with Crippen LogP contribution >= 0.6 is 0 Å². The SMILES string of the molecule is N=Cc1cn2c(n1)CC=NC2. The quantitative estimate of drug-likeness (QED) is 0.578. The van der Waals surface area contributed by atoms with E-state index in [4.69, 9.17) is 5.41 Å². The Morgan fingerprint density at radius 3 is 3.27 bits per heavy atom. The first-order valence-electron chi connectivity index (χ1n) is 3.45. The molecule has 0 aromatic carbocycles. The molecule has 1 aliphatic heterocycles. The van der Waals surface area contributed by atoms with Gasteiger partial charge >= 0.3 is 0 Å². The van der Waals surface area contributed by atoms with Crippen molar-refractivity contribution in [1.82, 2.24) is 9.55 Å². The second kappa shape index (κ2) is 2.30. The lowest BCUT2D eigenvalue weighted by Gasteiger charge is -2.05. The van der Waals surface area contributed by atoms with E-state index in [0.717, 1.165) is 12.2 Å². The number of aliphatic imine (C=N–C) groups is 1. The highest BCUT2D eigenvalue weighted by Gasteiger charge is 2.06. The molecule has 0 bridgehead atoms. The molecule has 0 radical (unpaired) electrons. The average molecular weight is 148 g/mol. The monoisotopic (exact) mass is 148 g/mol. The van der Waals surface area contributed by atoms with Gasteiger partial charge in [0, 0.05) is 25.0 Å². The van der Waals surface area contributed by atoms with Crippen molar-refractivity contribution in [3.05, 3.63) is 17.7 Å². The molecule has 0 aliphatic carbocycles. The number of imidazole rings is 1. The third kappa shape index (κ3) is 0.960. The molecular weight excluding hydrogens is 140 g/mol. The van der Waals surface area contributed by atoms with E-state index in [9.17, 15) is 0 Å².